The Morgan fingerprint density at radius 2 is 1.50 bits per heavy atom. The summed E-state index contributed by atoms with van der Waals surface area (Å²) in [6.45, 7) is 1.78. The number of benzene rings is 1. The molecule has 2 aromatic rings. The van der Waals surface area contributed by atoms with E-state index in [2.05, 4.69) is 9.97 Å². The number of nitrogens with zero attached hydrogens (tertiary/aromatic N) is 2. The van der Waals surface area contributed by atoms with Gasteiger partial charge >= 0.3 is 0 Å². The first-order chi connectivity index (χ1) is 7.54. The molecule has 1 heterocycles. The first kappa shape index (κ1) is 11.6. The molecular weight excluding hydrogens is 266 g/mol. The molecule has 0 fully saturated rings. The van der Waals surface area contributed by atoms with Crippen LogP contribution in [0.5, 0.6) is 0 Å². The number of aryl methyl sites for hydroxylation is 1. The second-order valence-electron chi connectivity index (χ2n) is 3.28. The first-order valence-electron chi connectivity index (χ1n) is 4.52. The predicted octanol–water partition coefficient (Wildman–Crippen LogP) is 4.41. The monoisotopic (exact) mass is 272 g/mol. The van der Waals surface area contributed by atoms with Gasteiger partial charge in [-0.2, -0.15) is 0 Å². The topological polar surface area (TPSA) is 25.8 Å². The van der Waals surface area contributed by atoms with Gasteiger partial charge in [0.2, 0.25) is 0 Å². The van der Waals surface area contributed by atoms with Gasteiger partial charge in [-0.05, 0) is 25.1 Å². The lowest BCUT2D eigenvalue weighted by molar-refractivity contribution is 1.06. The predicted molar refractivity (Wildman–Crippen MR) is 67.2 cm³/mol. The third kappa shape index (κ3) is 2.64. The van der Waals surface area contributed by atoms with E-state index in [0.717, 1.165) is 5.56 Å². The zero-order valence-electron chi connectivity index (χ0n) is 8.34. The molecule has 16 heavy (non-hydrogen) atoms. The maximum absolute atomic E-state index is 5.92. The first-order valence-corrected chi connectivity index (χ1v) is 5.65. The van der Waals surface area contributed by atoms with E-state index >= 15 is 0 Å². The molecular formula is C11H7Cl3N2. The Bertz CT molecular complexity index is 451. The van der Waals surface area contributed by atoms with Crippen molar-refractivity contribution in [2.75, 3.05) is 0 Å². The lowest BCUT2D eigenvalue weighted by Crippen LogP contribution is -1.91. The Kier molecular flexibility index (Phi) is 3.33. The fraction of sp³-hybridized carbons (Fsp3) is 0.0909. The van der Waals surface area contributed by atoms with E-state index in [0.29, 0.717) is 26.7 Å². The maximum Gasteiger partial charge on any atom is 0.133 e. The Labute approximate surface area is 108 Å². The van der Waals surface area contributed by atoms with Crippen LogP contribution in [0.25, 0.3) is 11.3 Å². The van der Waals surface area contributed by atoms with E-state index in [9.17, 15) is 0 Å². The van der Waals surface area contributed by atoms with Gasteiger partial charge in [0.25, 0.3) is 0 Å². The van der Waals surface area contributed by atoms with Crippen molar-refractivity contribution in [1.82, 2.24) is 9.97 Å². The molecule has 5 heteroatoms. The van der Waals surface area contributed by atoms with Crippen molar-refractivity contribution in [3.05, 3.63) is 45.3 Å². The van der Waals surface area contributed by atoms with Crippen molar-refractivity contribution < 1.29 is 0 Å². The van der Waals surface area contributed by atoms with Gasteiger partial charge < -0.3 is 0 Å². The molecule has 0 aliphatic carbocycles. The molecule has 0 atom stereocenters. The summed E-state index contributed by atoms with van der Waals surface area (Å²) < 4.78 is 0. The normalized spacial score (nSPS) is 10.5. The zero-order chi connectivity index (χ0) is 11.7. The van der Waals surface area contributed by atoms with Gasteiger partial charge in [-0.25, -0.2) is 9.97 Å². The van der Waals surface area contributed by atoms with Crippen molar-refractivity contribution in [3.8, 4) is 11.3 Å². The molecule has 0 aliphatic rings. The van der Waals surface area contributed by atoms with Crippen LogP contribution in [0.3, 0.4) is 0 Å². The minimum Gasteiger partial charge on any atom is -0.233 e. The van der Waals surface area contributed by atoms with Gasteiger partial charge in [0.05, 0.1) is 5.69 Å². The van der Waals surface area contributed by atoms with E-state index in [1.165, 1.54) is 0 Å². The van der Waals surface area contributed by atoms with E-state index in [1.807, 2.05) is 0 Å². The molecule has 0 saturated heterocycles. The van der Waals surface area contributed by atoms with E-state index in [-0.39, 0.29) is 0 Å². The summed E-state index contributed by atoms with van der Waals surface area (Å²) >= 11 is 17.7. The van der Waals surface area contributed by atoms with Crippen LogP contribution in [0.15, 0.2) is 24.3 Å². The van der Waals surface area contributed by atoms with Crippen LogP contribution in [0.2, 0.25) is 15.2 Å². The van der Waals surface area contributed by atoms with Crippen molar-refractivity contribution in [3.63, 3.8) is 0 Å². The molecule has 0 spiro atoms. The van der Waals surface area contributed by atoms with Gasteiger partial charge in [0, 0.05) is 21.7 Å². The Morgan fingerprint density at radius 3 is 2.06 bits per heavy atom. The quantitative estimate of drug-likeness (QED) is 0.719. The lowest BCUT2D eigenvalue weighted by atomic mass is 10.1. The number of halogens is 3. The highest BCUT2D eigenvalue weighted by Crippen LogP contribution is 2.27. The van der Waals surface area contributed by atoms with Crippen molar-refractivity contribution >= 4 is 34.8 Å². The largest absolute Gasteiger partial charge is 0.233 e. The fourth-order valence-electron chi connectivity index (χ4n) is 1.38. The average Bonchev–Trinajstić information content (AvgIpc) is 2.14. The number of aromatic nitrogens is 2. The van der Waals surface area contributed by atoms with E-state index in [1.54, 1.807) is 31.2 Å². The molecule has 1 aromatic carbocycles. The number of hydrogen-bond donors (Lipinski definition) is 0. The molecule has 0 radical (unpaired) electrons. The molecule has 82 valence electrons. The standard InChI is InChI=1S/C11H7Cl3N2/c1-6-15-10(5-11(14)16-6)7-2-8(12)4-9(13)3-7/h2-5H,1H3. The van der Waals surface area contributed by atoms with E-state index in [4.69, 9.17) is 34.8 Å². The van der Waals surface area contributed by atoms with Crippen molar-refractivity contribution in [1.29, 1.82) is 0 Å². The molecule has 2 rings (SSSR count). The minimum atomic E-state index is 0.401. The Hall–Kier alpha value is -0.830. The molecule has 0 bridgehead atoms. The van der Waals surface area contributed by atoms with Crippen LogP contribution in [0.1, 0.15) is 5.82 Å². The second kappa shape index (κ2) is 4.58. The third-order valence-electron chi connectivity index (χ3n) is 1.97. The number of rotatable bonds is 1. The van der Waals surface area contributed by atoms with Crippen LogP contribution in [-0.2, 0) is 0 Å². The molecule has 0 aliphatic heterocycles. The highest BCUT2D eigenvalue weighted by molar-refractivity contribution is 6.35. The van der Waals surface area contributed by atoms with Crippen LogP contribution in [0, 0.1) is 6.92 Å². The van der Waals surface area contributed by atoms with Crippen LogP contribution < -0.4 is 0 Å². The highest BCUT2D eigenvalue weighted by Gasteiger charge is 2.05. The lowest BCUT2D eigenvalue weighted by Gasteiger charge is -2.04. The average molecular weight is 274 g/mol. The SMILES string of the molecule is Cc1nc(Cl)cc(-c2cc(Cl)cc(Cl)c2)n1. The van der Waals surface area contributed by atoms with Gasteiger partial charge in [0.1, 0.15) is 11.0 Å². The molecule has 1 aromatic heterocycles. The summed E-state index contributed by atoms with van der Waals surface area (Å²) in [7, 11) is 0. The van der Waals surface area contributed by atoms with Crippen LogP contribution in [-0.4, -0.2) is 9.97 Å². The summed E-state index contributed by atoms with van der Waals surface area (Å²) in [5.41, 5.74) is 1.53. The summed E-state index contributed by atoms with van der Waals surface area (Å²) in [4.78, 5) is 8.27. The number of hydrogen-bond acceptors (Lipinski definition) is 2. The second-order valence-corrected chi connectivity index (χ2v) is 4.54. The van der Waals surface area contributed by atoms with Gasteiger partial charge in [-0.1, -0.05) is 34.8 Å². The summed E-state index contributed by atoms with van der Waals surface area (Å²) in [5.74, 6) is 0.610. The molecule has 2 nitrogen and oxygen atoms in total. The van der Waals surface area contributed by atoms with E-state index < -0.39 is 0 Å². The molecule has 0 amide bonds. The van der Waals surface area contributed by atoms with Gasteiger partial charge in [-0.15, -0.1) is 0 Å². The minimum absolute atomic E-state index is 0.401. The zero-order valence-corrected chi connectivity index (χ0v) is 10.6. The van der Waals surface area contributed by atoms with Gasteiger partial charge in [0.15, 0.2) is 0 Å². The summed E-state index contributed by atoms with van der Waals surface area (Å²) in [6, 6.07) is 6.91. The smallest absolute Gasteiger partial charge is 0.133 e. The highest BCUT2D eigenvalue weighted by atomic mass is 35.5. The summed E-state index contributed by atoms with van der Waals surface area (Å²) in [6.07, 6.45) is 0. The molecule has 0 N–H and O–H groups in total. The summed E-state index contributed by atoms with van der Waals surface area (Å²) in [5, 5.41) is 1.53. The van der Waals surface area contributed by atoms with Crippen LogP contribution >= 0.6 is 34.8 Å². The molecule has 0 saturated carbocycles. The van der Waals surface area contributed by atoms with Crippen molar-refractivity contribution in [2.24, 2.45) is 0 Å². The Balaban J connectivity index is 2.57. The van der Waals surface area contributed by atoms with Crippen LogP contribution in [0.4, 0.5) is 0 Å². The third-order valence-corrected chi connectivity index (χ3v) is 2.60. The Morgan fingerprint density at radius 1 is 0.875 bits per heavy atom. The van der Waals surface area contributed by atoms with Crippen molar-refractivity contribution in [2.45, 2.75) is 6.92 Å². The maximum atomic E-state index is 5.92. The fourth-order valence-corrected chi connectivity index (χ4v) is 2.13. The van der Waals surface area contributed by atoms with Gasteiger partial charge in [-0.3, -0.25) is 0 Å². The molecule has 0 unspecified atom stereocenters.